The molecule has 8 nitrogen and oxygen atoms in total. The van der Waals surface area contributed by atoms with Gasteiger partial charge in [-0.25, -0.2) is 9.59 Å². The second-order valence-electron chi connectivity index (χ2n) is 10.2. The van der Waals surface area contributed by atoms with Crippen molar-refractivity contribution in [3.63, 3.8) is 0 Å². The fraction of sp³-hybridized carbons (Fsp3) is 0.625. The second-order valence-corrected chi connectivity index (χ2v) is 10.2. The van der Waals surface area contributed by atoms with Crippen LogP contribution >= 0.6 is 0 Å². The lowest BCUT2D eigenvalue weighted by molar-refractivity contribution is 0.0292. The van der Waals surface area contributed by atoms with E-state index in [0.29, 0.717) is 18.9 Å². The maximum atomic E-state index is 12.5. The van der Waals surface area contributed by atoms with E-state index in [9.17, 15) is 9.59 Å². The van der Waals surface area contributed by atoms with Crippen LogP contribution in [0.4, 0.5) is 9.59 Å². The maximum Gasteiger partial charge on any atom is 0.410 e. The van der Waals surface area contributed by atoms with Gasteiger partial charge in [0.15, 0.2) is 0 Å². The van der Waals surface area contributed by atoms with E-state index in [0.717, 1.165) is 5.56 Å². The van der Waals surface area contributed by atoms with Crippen molar-refractivity contribution >= 4 is 17.9 Å². The molecule has 0 spiro atoms. The average Bonchev–Trinajstić information content (AvgIpc) is 3.03. The number of hydrogen-bond acceptors (Lipinski definition) is 6. The number of alkyl carbamates (subject to hydrolysis) is 1. The molecular formula is C24H37N3O5. The summed E-state index contributed by atoms with van der Waals surface area (Å²) in [5.74, 6) is -0.199. The van der Waals surface area contributed by atoms with Gasteiger partial charge < -0.3 is 24.5 Å². The SMILES string of the molecule is Cc1ccc(CO/N=C2\CN(C(=O)OC(C)(C)C)CC2CNC(=O)OC(C)(C)C)cc1C. The molecule has 1 aromatic carbocycles. The van der Waals surface area contributed by atoms with E-state index in [2.05, 4.69) is 36.5 Å². The highest BCUT2D eigenvalue weighted by atomic mass is 16.6. The molecule has 1 N–H and O–H groups in total. The number of amides is 2. The summed E-state index contributed by atoms with van der Waals surface area (Å²) in [4.78, 5) is 31.8. The summed E-state index contributed by atoms with van der Waals surface area (Å²) in [6.07, 6.45) is -0.928. The zero-order chi connectivity index (χ0) is 24.1. The summed E-state index contributed by atoms with van der Waals surface area (Å²) in [6, 6.07) is 6.12. The number of hydrogen-bond donors (Lipinski definition) is 1. The van der Waals surface area contributed by atoms with Crippen LogP contribution in [0.15, 0.2) is 23.4 Å². The van der Waals surface area contributed by atoms with Crippen molar-refractivity contribution in [2.24, 2.45) is 11.1 Å². The Morgan fingerprint density at radius 1 is 1.06 bits per heavy atom. The van der Waals surface area contributed by atoms with E-state index in [1.165, 1.54) is 11.1 Å². The third-order valence-corrected chi connectivity index (χ3v) is 4.79. The van der Waals surface area contributed by atoms with Crippen molar-refractivity contribution in [2.45, 2.75) is 73.2 Å². The van der Waals surface area contributed by atoms with Gasteiger partial charge in [-0.1, -0.05) is 23.4 Å². The van der Waals surface area contributed by atoms with Crippen molar-refractivity contribution in [2.75, 3.05) is 19.6 Å². The molecular weight excluding hydrogens is 410 g/mol. The Morgan fingerprint density at radius 3 is 2.31 bits per heavy atom. The first-order chi connectivity index (χ1) is 14.7. The molecule has 2 amide bonds. The predicted octanol–water partition coefficient (Wildman–Crippen LogP) is 4.57. The third kappa shape index (κ3) is 8.40. The normalized spacial score (nSPS) is 17.9. The number of benzene rings is 1. The number of likely N-dealkylation sites (tertiary alicyclic amines) is 1. The van der Waals surface area contributed by atoms with Crippen LogP contribution < -0.4 is 5.32 Å². The summed E-state index contributed by atoms with van der Waals surface area (Å²) < 4.78 is 10.8. The predicted molar refractivity (Wildman–Crippen MR) is 124 cm³/mol. The van der Waals surface area contributed by atoms with Gasteiger partial charge >= 0.3 is 12.2 Å². The minimum absolute atomic E-state index is 0.199. The molecule has 178 valence electrons. The lowest BCUT2D eigenvalue weighted by Gasteiger charge is -2.24. The van der Waals surface area contributed by atoms with Gasteiger partial charge in [0.1, 0.15) is 17.8 Å². The van der Waals surface area contributed by atoms with Crippen LogP contribution in [0, 0.1) is 19.8 Å². The monoisotopic (exact) mass is 447 g/mol. The molecule has 1 atom stereocenters. The van der Waals surface area contributed by atoms with E-state index in [4.69, 9.17) is 14.3 Å². The van der Waals surface area contributed by atoms with E-state index in [1.807, 2.05) is 26.8 Å². The van der Waals surface area contributed by atoms with Gasteiger partial charge in [0.25, 0.3) is 0 Å². The summed E-state index contributed by atoms with van der Waals surface area (Å²) in [7, 11) is 0. The van der Waals surface area contributed by atoms with Gasteiger partial charge in [-0.15, -0.1) is 0 Å². The highest BCUT2D eigenvalue weighted by Crippen LogP contribution is 2.19. The molecule has 0 bridgehead atoms. The number of oxime groups is 1. The number of nitrogens with one attached hydrogen (secondary N) is 1. The Balaban J connectivity index is 2.05. The summed E-state index contributed by atoms with van der Waals surface area (Å²) in [6.45, 7) is 16.3. The topological polar surface area (TPSA) is 89.5 Å². The molecule has 0 radical (unpaired) electrons. The van der Waals surface area contributed by atoms with Crippen LogP contribution in [0.25, 0.3) is 0 Å². The number of ether oxygens (including phenoxy) is 2. The minimum Gasteiger partial charge on any atom is -0.444 e. The summed E-state index contributed by atoms with van der Waals surface area (Å²) in [5, 5.41) is 7.07. The first-order valence-corrected chi connectivity index (χ1v) is 10.9. The first-order valence-electron chi connectivity index (χ1n) is 10.9. The fourth-order valence-corrected chi connectivity index (χ4v) is 3.12. The highest BCUT2D eigenvalue weighted by Gasteiger charge is 2.35. The van der Waals surface area contributed by atoms with Crippen molar-refractivity contribution in [1.29, 1.82) is 0 Å². The standard InChI is InChI=1S/C24H37N3O5/c1-16-9-10-18(11-17(16)2)15-30-26-20-14-27(22(29)32-24(6,7)8)13-19(20)12-25-21(28)31-23(3,4)5/h9-11,19H,12-15H2,1-8H3,(H,25,28)/b26-20+. The Hall–Kier alpha value is -2.77. The molecule has 1 unspecified atom stereocenters. The molecule has 0 aromatic heterocycles. The number of nitrogens with zero attached hydrogens (tertiary/aromatic N) is 2. The largest absolute Gasteiger partial charge is 0.444 e. The van der Waals surface area contributed by atoms with E-state index < -0.39 is 23.4 Å². The van der Waals surface area contributed by atoms with Crippen molar-refractivity contribution in [3.8, 4) is 0 Å². The molecule has 32 heavy (non-hydrogen) atoms. The number of rotatable bonds is 5. The van der Waals surface area contributed by atoms with Crippen molar-refractivity contribution in [1.82, 2.24) is 10.2 Å². The van der Waals surface area contributed by atoms with Crippen molar-refractivity contribution < 1.29 is 23.9 Å². The molecule has 1 heterocycles. The van der Waals surface area contributed by atoms with Gasteiger partial charge in [0.05, 0.1) is 12.3 Å². The number of carbonyl (C=O) groups is 2. The van der Waals surface area contributed by atoms with E-state index in [-0.39, 0.29) is 19.0 Å². The van der Waals surface area contributed by atoms with Crippen LogP contribution in [0.3, 0.4) is 0 Å². The smallest absolute Gasteiger partial charge is 0.410 e. The molecule has 1 fully saturated rings. The number of carbonyl (C=O) groups excluding carboxylic acids is 2. The lowest BCUT2D eigenvalue weighted by Crippen LogP contribution is -2.38. The molecule has 8 heteroatoms. The fourth-order valence-electron chi connectivity index (χ4n) is 3.12. The van der Waals surface area contributed by atoms with Crippen LogP contribution in [-0.2, 0) is 20.9 Å². The lowest BCUT2D eigenvalue weighted by atomic mass is 10.1. The molecule has 1 aliphatic rings. The summed E-state index contributed by atoms with van der Waals surface area (Å²) in [5.41, 5.74) is 2.92. The van der Waals surface area contributed by atoms with Gasteiger partial charge in [-0.05, 0) is 72.1 Å². The maximum absolute atomic E-state index is 12.5. The minimum atomic E-state index is -0.596. The second kappa shape index (κ2) is 10.2. The van der Waals surface area contributed by atoms with Crippen molar-refractivity contribution in [3.05, 3.63) is 34.9 Å². The highest BCUT2D eigenvalue weighted by molar-refractivity contribution is 5.94. The molecule has 1 aromatic rings. The van der Waals surface area contributed by atoms with Crippen LogP contribution in [0.1, 0.15) is 58.2 Å². The Morgan fingerprint density at radius 2 is 1.72 bits per heavy atom. The Kier molecular flexibility index (Phi) is 8.15. The molecule has 1 aliphatic heterocycles. The zero-order valence-corrected chi connectivity index (χ0v) is 20.6. The van der Waals surface area contributed by atoms with Gasteiger partial charge in [-0.3, -0.25) is 0 Å². The van der Waals surface area contributed by atoms with Crippen LogP contribution in [0.2, 0.25) is 0 Å². The van der Waals surface area contributed by atoms with Gasteiger partial charge in [-0.2, -0.15) is 0 Å². The quantitative estimate of drug-likeness (QED) is 0.668. The molecule has 2 rings (SSSR count). The average molecular weight is 448 g/mol. The third-order valence-electron chi connectivity index (χ3n) is 4.79. The Labute approximate surface area is 191 Å². The van der Waals surface area contributed by atoms with Gasteiger partial charge in [0, 0.05) is 19.0 Å². The molecule has 1 saturated heterocycles. The van der Waals surface area contributed by atoms with Crippen LogP contribution in [0.5, 0.6) is 0 Å². The zero-order valence-electron chi connectivity index (χ0n) is 20.6. The summed E-state index contributed by atoms with van der Waals surface area (Å²) >= 11 is 0. The molecule has 0 aliphatic carbocycles. The number of aryl methyl sites for hydroxylation is 2. The Bertz CT molecular complexity index is 852. The molecule has 0 saturated carbocycles. The van der Waals surface area contributed by atoms with Gasteiger partial charge in [0.2, 0.25) is 0 Å². The van der Waals surface area contributed by atoms with E-state index >= 15 is 0 Å². The van der Waals surface area contributed by atoms with E-state index in [1.54, 1.807) is 25.7 Å². The first kappa shape index (κ1) is 25.5. The van der Waals surface area contributed by atoms with Crippen LogP contribution in [-0.4, -0.2) is 53.6 Å².